The predicted molar refractivity (Wildman–Crippen MR) is 128 cm³/mol. The van der Waals surface area contributed by atoms with Crippen LogP contribution in [0, 0.1) is 18.7 Å². The highest BCUT2D eigenvalue weighted by Crippen LogP contribution is 2.27. The summed E-state index contributed by atoms with van der Waals surface area (Å²) in [4.78, 5) is 4.38. The lowest BCUT2D eigenvalue weighted by molar-refractivity contribution is -0.00804. The van der Waals surface area contributed by atoms with Crippen LogP contribution in [0.4, 0.5) is 19.0 Å². The SMILES string of the molecule is Cc1cc(N)nc(C[C@@H]2CNC[C@@H]2OCCNCC(F)(F)c2ccc(F)cc2)c1.Cl.Cl.Cl. The number of ether oxygens (including phenoxy) is 1. The van der Waals surface area contributed by atoms with Gasteiger partial charge in [-0.05, 0) is 43.2 Å². The molecule has 1 saturated heterocycles. The van der Waals surface area contributed by atoms with Crippen molar-refractivity contribution in [3.63, 3.8) is 0 Å². The number of rotatable bonds is 9. The number of hydrogen-bond donors (Lipinski definition) is 3. The van der Waals surface area contributed by atoms with Crippen molar-refractivity contribution in [1.82, 2.24) is 15.6 Å². The molecule has 3 rings (SSSR count). The summed E-state index contributed by atoms with van der Waals surface area (Å²) in [6.45, 7) is 3.62. The van der Waals surface area contributed by atoms with Crippen LogP contribution in [0.2, 0.25) is 0 Å². The summed E-state index contributed by atoms with van der Waals surface area (Å²) in [7, 11) is 0. The number of benzene rings is 1. The highest BCUT2D eigenvalue weighted by molar-refractivity contribution is 5.86. The lowest BCUT2D eigenvalue weighted by atomic mass is 9.99. The first-order valence-electron chi connectivity index (χ1n) is 9.73. The smallest absolute Gasteiger partial charge is 0.285 e. The van der Waals surface area contributed by atoms with Crippen molar-refractivity contribution in [3.8, 4) is 0 Å². The molecule has 1 aliphatic rings. The summed E-state index contributed by atoms with van der Waals surface area (Å²) in [5.74, 6) is -2.84. The van der Waals surface area contributed by atoms with E-state index in [-0.39, 0.29) is 54.8 Å². The summed E-state index contributed by atoms with van der Waals surface area (Å²) in [5, 5.41) is 6.03. The van der Waals surface area contributed by atoms with Crippen molar-refractivity contribution >= 4 is 43.0 Å². The van der Waals surface area contributed by atoms with Crippen molar-refractivity contribution in [3.05, 3.63) is 59.0 Å². The number of nitrogens with one attached hydrogen (secondary N) is 2. The van der Waals surface area contributed by atoms with Gasteiger partial charge in [0.25, 0.3) is 5.92 Å². The average Bonchev–Trinajstić information content (AvgIpc) is 3.08. The topological polar surface area (TPSA) is 72.2 Å². The number of hydrogen-bond acceptors (Lipinski definition) is 5. The van der Waals surface area contributed by atoms with Crippen molar-refractivity contribution in [2.45, 2.75) is 25.4 Å². The van der Waals surface area contributed by atoms with E-state index in [1.54, 1.807) is 0 Å². The summed E-state index contributed by atoms with van der Waals surface area (Å²) in [6.07, 6.45) is 0.748. The Morgan fingerprint density at radius 3 is 2.50 bits per heavy atom. The first kappa shape index (κ1) is 30.7. The molecule has 0 saturated carbocycles. The molecule has 0 amide bonds. The van der Waals surface area contributed by atoms with Gasteiger partial charge in [-0.1, -0.05) is 12.1 Å². The van der Waals surface area contributed by atoms with E-state index in [4.69, 9.17) is 10.5 Å². The fourth-order valence-electron chi connectivity index (χ4n) is 3.57. The molecule has 1 aliphatic heterocycles. The Balaban J connectivity index is 0.00000320. The van der Waals surface area contributed by atoms with Crippen LogP contribution in [0.15, 0.2) is 36.4 Å². The molecule has 1 aromatic heterocycles. The van der Waals surface area contributed by atoms with E-state index < -0.39 is 18.3 Å². The molecule has 1 fully saturated rings. The zero-order valence-corrected chi connectivity index (χ0v) is 20.1. The quantitative estimate of drug-likeness (QED) is 0.440. The van der Waals surface area contributed by atoms with E-state index in [1.807, 2.05) is 19.1 Å². The van der Waals surface area contributed by atoms with Gasteiger partial charge in [0.2, 0.25) is 0 Å². The third kappa shape index (κ3) is 8.92. The lowest BCUT2D eigenvalue weighted by Crippen LogP contribution is -2.34. The fourth-order valence-corrected chi connectivity index (χ4v) is 3.57. The van der Waals surface area contributed by atoms with E-state index in [0.717, 1.165) is 55.0 Å². The van der Waals surface area contributed by atoms with E-state index in [1.165, 1.54) is 0 Å². The molecule has 2 atom stereocenters. The molecule has 2 heterocycles. The molecule has 32 heavy (non-hydrogen) atoms. The maximum atomic E-state index is 14.1. The molecular weight excluding hydrogens is 488 g/mol. The van der Waals surface area contributed by atoms with Crippen LogP contribution in [0.5, 0.6) is 0 Å². The summed E-state index contributed by atoms with van der Waals surface area (Å²) in [5.41, 5.74) is 7.61. The molecular formula is C21H30Cl3F3N4O. The van der Waals surface area contributed by atoms with Gasteiger partial charge in [0.1, 0.15) is 11.6 Å². The van der Waals surface area contributed by atoms with E-state index in [9.17, 15) is 13.2 Å². The molecule has 2 aromatic rings. The van der Waals surface area contributed by atoms with Gasteiger partial charge in [-0.3, -0.25) is 0 Å². The Hall–Kier alpha value is -1.29. The molecule has 0 bridgehead atoms. The number of alkyl halides is 2. The Labute approximate surface area is 205 Å². The largest absolute Gasteiger partial charge is 0.384 e. The minimum absolute atomic E-state index is 0. The zero-order chi connectivity index (χ0) is 20.9. The number of aromatic nitrogens is 1. The Kier molecular flexibility index (Phi) is 13.5. The van der Waals surface area contributed by atoms with Gasteiger partial charge in [-0.25, -0.2) is 9.37 Å². The molecule has 0 unspecified atom stereocenters. The number of nitrogens with two attached hydrogens (primary N) is 1. The van der Waals surface area contributed by atoms with Gasteiger partial charge in [0.05, 0.1) is 19.3 Å². The molecule has 4 N–H and O–H groups in total. The Morgan fingerprint density at radius 2 is 1.84 bits per heavy atom. The van der Waals surface area contributed by atoms with Crippen molar-refractivity contribution in [2.24, 2.45) is 5.92 Å². The number of nitrogens with zero attached hydrogens (tertiary/aromatic N) is 1. The average molecular weight is 518 g/mol. The number of pyridine rings is 1. The minimum Gasteiger partial charge on any atom is -0.384 e. The van der Waals surface area contributed by atoms with Gasteiger partial charge in [-0.2, -0.15) is 8.78 Å². The first-order valence-corrected chi connectivity index (χ1v) is 9.73. The van der Waals surface area contributed by atoms with Crippen LogP contribution < -0.4 is 16.4 Å². The number of nitrogen functional groups attached to an aromatic ring is 1. The van der Waals surface area contributed by atoms with Crippen LogP contribution in [0.1, 0.15) is 16.8 Å². The third-order valence-electron chi connectivity index (χ3n) is 5.02. The monoisotopic (exact) mass is 516 g/mol. The number of aryl methyl sites for hydroxylation is 1. The van der Waals surface area contributed by atoms with Crippen LogP contribution >= 0.6 is 37.2 Å². The molecule has 1 aromatic carbocycles. The summed E-state index contributed by atoms with van der Waals surface area (Å²) in [6, 6.07) is 8.14. The predicted octanol–water partition coefficient (Wildman–Crippen LogP) is 3.91. The van der Waals surface area contributed by atoms with E-state index >= 15 is 0 Å². The second-order valence-corrected chi connectivity index (χ2v) is 7.48. The first-order chi connectivity index (χ1) is 13.8. The van der Waals surface area contributed by atoms with E-state index in [2.05, 4.69) is 15.6 Å². The fraction of sp³-hybridized carbons (Fsp3) is 0.476. The van der Waals surface area contributed by atoms with Crippen LogP contribution in [0.3, 0.4) is 0 Å². The highest BCUT2D eigenvalue weighted by Gasteiger charge is 2.31. The van der Waals surface area contributed by atoms with Crippen molar-refractivity contribution in [2.75, 3.05) is 38.5 Å². The van der Waals surface area contributed by atoms with Crippen LogP contribution in [-0.2, 0) is 17.1 Å². The Morgan fingerprint density at radius 1 is 1.16 bits per heavy atom. The molecule has 0 spiro atoms. The van der Waals surface area contributed by atoms with Gasteiger partial charge in [-0.15, -0.1) is 37.2 Å². The maximum Gasteiger partial charge on any atom is 0.285 e. The molecule has 0 aliphatic carbocycles. The molecule has 182 valence electrons. The zero-order valence-electron chi connectivity index (χ0n) is 17.7. The van der Waals surface area contributed by atoms with Gasteiger partial charge in [0.15, 0.2) is 0 Å². The molecule has 11 heteroatoms. The normalized spacial score (nSPS) is 17.8. The highest BCUT2D eigenvalue weighted by atomic mass is 35.5. The molecule has 5 nitrogen and oxygen atoms in total. The Bertz CT molecular complexity index is 795. The second kappa shape index (κ2) is 14.1. The molecule has 0 radical (unpaired) electrons. The standard InChI is InChI=1S/C21H27F3N4O.3ClH/c1-14-8-18(28-20(25)9-14)10-15-11-27-12-19(15)29-7-6-26-13-21(23,24)16-2-4-17(22)5-3-16;;;/h2-5,8-9,15,19,26-27H,6-7,10-13H2,1H3,(H2,25,28);3*1H/t15-,19+;;;/m1.../s1. The third-order valence-corrected chi connectivity index (χ3v) is 5.02. The van der Waals surface area contributed by atoms with Gasteiger partial charge in [0, 0.05) is 36.8 Å². The van der Waals surface area contributed by atoms with Crippen LogP contribution in [-0.4, -0.2) is 43.9 Å². The van der Waals surface area contributed by atoms with Crippen molar-refractivity contribution < 1.29 is 17.9 Å². The van der Waals surface area contributed by atoms with Gasteiger partial charge >= 0.3 is 0 Å². The maximum absolute atomic E-state index is 14.1. The van der Waals surface area contributed by atoms with Crippen molar-refractivity contribution in [1.29, 1.82) is 0 Å². The summed E-state index contributed by atoms with van der Waals surface area (Å²) >= 11 is 0. The lowest BCUT2D eigenvalue weighted by Gasteiger charge is -2.21. The minimum atomic E-state index is -3.07. The van der Waals surface area contributed by atoms with Crippen LogP contribution in [0.25, 0.3) is 0 Å². The van der Waals surface area contributed by atoms with E-state index in [0.29, 0.717) is 19.0 Å². The number of anilines is 1. The van der Waals surface area contributed by atoms with Gasteiger partial charge < -0.3 is 21.1 Å². The summed E-state index contributed by atoms with van der Waals surface area (Å²) < 4.78 is 47.1. The number of halogens is 6. The second-order valence-electron chi connectivity index (χ2n) is 7.48.